The van der Waals surface area contributed by atoms with Crippen LogP contribution in [0, 0.1) is 5.82 Å². The molecule has 6 heteroatoms. The number of nitrogens with one attached hydrogen (secondary N) is 1. The van der Waals surface area contributed by atoms with Gasteiger partial charge in [-0.1, -0.05) is 48.5 Å². The van der Waals surface area contributed by atoms with Crippen LogP contribution in [0.15, 0.2) is 54.6 Å². The van der Waals surface area contributed by atoms with Crippen LogP contribution in [0.1, 0.15) is 17.2 Å². The van der Waals surface area contributed by atoms with Gasteiger partial charge in [-0.05, 0) is 11.6 Å². The summed E-state index contributed by atoms with van der Waals surface area (Å²) in [5, 5.41) is 2.70. The molecule has 2 atom stereocenters. The van der Waals surface area contributed by atoms with Gasteiger partial charge in [0.15, 0.2) is 6.10 Å². The van der Waals surface area contributed by atoms with E-state index in [1.54, 1.807) is 25.2 Å². The number of nitrogens with zero attached hydrogens (tertiary/aromatic N) is 1. The van der Waals surface area contributed by atoms with Crippen LogP contribution in [0.2, 0.25) is 0 Å². The zero-order chi connectivity index (χ0) is 17.8. The quantitative estimate of drug-likeness (QED) is 0.925. The molecule has 1 aliphatic heterocycles. The summed E-state index contributed by atoms with van der Waals surface area (Å²) in [6, 6.07) is 15.0. The predicted molar refractivity (Wildman–Crippen MR) is 89.9 cm³/mol. The standard InChI is InChI=1S/C19H19FN2O3/c1-22-16(23)12-25-18(17(22)13-7-3-2-4-8-13)19(24)21-11-14-9-5-6-10-15(14)20/h2-10,17-18H,11-12H2,1H3,(H,21,24)/t17-,18-/m1/s1. The van der Waals surface area contributed by atoms with Crippen LogP contribution in [-0.4, -0.2) is 36.5 Å². The molecule has 0 bridgehead atoms. The number of ether oxygens (including phenoxy) is 1. The Balaban J connectivity index is 1.77. The van der Waals surface area contributed by atoms with Gasteiger partial charge in [0.2, 0.25) is 5.91 Å². The molecule has 0 spiro atoms. The van der Waals surface area contributed by atoms with E-state index in [2.05, 4.69) is 5.32 Å². The minimum atomic E-state index is -0.850. The van der Waals surface area contributed by atoms with Crippen molar-refractivity contribution in [3.8, 4) is 0 Å². The number of hydrogen-bond donors (Lipinski definition) is 1. The molecule has 1 fully saturated rings. The lowest BCUT2D eigenvalue weighted by Crippen LogP contribution is -2.52. The maximum atomic E-state index is 13.7. The van der Waals surface area contributed by atoms with Crippen molar-refractivity contribution in [2.75, 3.05) is 13.7 Å². The molecule has 25 heavy (non-hydrogen) atoms. The van der Waals surface area contributed by atoms with Gasteiger partial charge >= 0.3 is 0 Å². The largest absolute Gasteiger partial charge is 0.356 e. The maximum Gasteiger partial charge on any atom is 0.251 e. The summed E-state index contributed by atoms with van der Waals surface area (Å²) in [7, 11) is 1.65. The van der Waals surface area contributed by atoms with Crippen LogP contribution in [0.25, 0.3) is 0 Å². The van der Waals surface area contributed by atoms with E-state index in [1.807, 2.05) is 30.3 Å². The highest BCUT2D eigenvalue weighted by Crippen LogP contribution is 2.29. The molecule has 0 aliphatic carbocycles. The molecule has 2 aromatic carbocycles. The Labute approximate surface area is 145 Å². The van der Waals surface area contributed by atoms with Crippen molar-refractivity contribution in [1.82, 2.24) is 10.2 Å². The van der Waals surface area contributed by atoms with Gasteiger partial charge in [-0.3, -0.25) is 9.59 Å². The fraction of sp³-hybridized carbons (Fsp3) is 0.263. The summed E-state index contributed by atoms with van der Waals surface area (Å²) < 4.78 is 19.2. The van der Waals surface area contributed by atoms with Gasteiger partial charge in [-0.2, -0.15) is 0 Å². The fourth-order valence-corrected chi connectivity index (χ4v) is 2.90. The fourth-order valence-electron chi connectivity index (χ4n) is 2.90. The molecule has 5 nitrogen and oxygen atoms in total. The van der Waals surface area contributed by atoms with Crippen LogP contribution >= 0.6 is 0 Å². The van der Waals surface area contributed by atoms with Crippen LogP contribution in [0.3, 0.4) is 0 Å². The molecule has 130 valence electrons. The Morgan fingerprint density at radius 1 is 1.20 bits per heavy atom. The van der Waals surface area contributed by atoms with E-state index in [9.17, 15) is 14.0 Å². The minimum Gasteiger partial charge on any atom is -0.356 e. The van der Waals surface area contributed by atoms with Crippen LogP contribution < -0.4 is 5.32 Å². The third-order valence-electron chi connectivity index (χ3n) is 4.29. The summed E-state index contributed by atoms with van der Waals surface area (Å²) >= 11 is 0. The third kappa shape index (κ3) is 3.69. The molecule has 2 aromatic rings. The molecule has 0 unspecified atom stereocenters. The van der Waals surface area contributed by atoms with Crippen molar-refractivity contribution in [1.29, 1.82) is 0 Å². The van der Waals surface area contributed by atoms with Crippen molar-refractivity contribution in [3.63, 3.8) is 0 Å². The van der Waals surface area contributed by atoms with E-state index in [0.29, 0.717) is 5.56 Å². The van der Waals surface area contributed by atoms with Crippen LogP contribution in [0.4, 0.5) is 4.39 Å². The number of hydrogen-bond acceptors (Lipinski definition) is 3. The van der Waals surface area contributed by atoms with Gasteiger partial charge in [0.05, 0.1) is 6.04 Å². The zero-order valence-corrected chi connectivity index (χ0v) is 13.8. The molecule has 0 aromatic heterocycles. The summed E-state index contributed by atoms with van der Waals surface area (Å²) in [6.07, 6.45) is -0.850. The maximum absolute atomic E-state index is 13.7. The van der Waals surface area contributed by atoms with Crippen molar-refractivity contribution in [3.05, 3.63) is 71.5 Å². The monoisotopic (exact) mass is 342 g/mol. The highest BCUT2D eigenvalue weighted by molar-refractivity contribution is 5.86. The molecule has 2 amide bonds. The Hall–Kier alpha value is -2.73. The van der Waals surface area contributed by atoms with E-state index >= 15 is 0 Å². The first-order valence-electron chi connectivity index (χ1n) is 8.01. The number of carbonyl (C=O) groups excluding carboxylic acids is 2. The van der Waals surface area contributed by atoms with E-state index in [0.717, 1.165) is 5.56 Å². The number of amides is 2. The molecular weight excluding hydrogens is 323 g/mol. The minimum absolute atomic E-state index is 0.0601. The number of benzene rings is 2. The number of carbonyl (C=O) groups is 2. The van der Waals surface area contributed by atoms with Crippen molar-refractivity contribution in [2.24, 2.45) is 0 Å². The zero-order valence-electron chi connectivity index (χ0n) is 13.8. The molecule has 0 radical (unpaired) electrons. The smallest absolute Gasteiger partial charge is 0.251 e. The normalized spacial score (nSPS) is 20.4. The third-order valence-corrected chi connectivity index (χ3v) is 4.29. The molecule has 1 aliphatic rings. The molecular formula is C19H19FN2O3. The van der Waals surface area contributed by atoms with Gasteiger partial charge in [-0.25, -0.2) is 4.39 Å². The van der Waals surface area contributed by atoms with Gasteiger partial charge in [0.25, 0.3) is 5.91 Å². The summed E-state index contributed by atoms with van der Waals surface area (Å²) in [5.74, 6) is -0.942. The lowest BCUT2D eigenvalue weighted by Gasteiger charge is -2.38. The highest BCUT2D eigenvalue weighted by atomic mass is 19.1. The van der Waals surface area contributed by atoms with E-state index in [4.69, 9.17) is 4.74 Å². The van der Waals surface area contributed by atoms with Crippen molar-refractivity contribution < 1.29 is 18.7 Å². The van der Waals surface area contributed by atoms with E-state index in [1.165, 1.54) is 11.0 Å². The second-order valence-corrected chi connectivity index (χ2v) is 5.90. The Kier molecular flexibility index (Phi) is 5.09. The van der Waals surface area contributed by atoms with E-state index in [-0.39, 0.29) is 30.8 Å². The van der Waals surface area contributed by atoms with Gasteiger partial charge in [0.1, 0.15) is 12.4 Å². The lowest BCUT2D eigenvalue weighted by atomic mass is 9.97. The van der Waals surface area contributed by atoms with Gasteiger partial charge < -0.3 is 15.0 Å². The number of likely N-dealkylation sites (N-methyl/N-ethyl adjacent to an activating group) is 1. The number of halogens is 1. The average Bonchev–Trinajstić information content (AvgIpc) is 2.63. The Bertz CT molecular complexity index is 766. The lowest BCUT2D eigenvalue weighted by molar-refractivity contribution is -0.162. The van der Waals surface area contributed by atoms with Gasteiger partial charge in [0, 0.05) is 19.2 Å². The van der Waals surface area contributed by atoms with Gasteiger partial charge in [-0.15, -0.1) is 0 Å². The molecule has 3 rings (SSSR count). The molecule has 1 N–H and O–H groups in total. The molecule has 1 heterocycles. The van der Waals surface area contributed by atoms with E-state index < -0.39 is 12.1 Å². The molecule has 1 saturated heterocycles. The topological polar surface area (TPSA) is 58.6 Å². The first-order chi connectivity index (χ1) is 12.1. The van der Waals surface area contributed by atoms with Crippen molar-refractivity contribution in [2.45, 2.75) is 18.7 Å². The first kappa shape index (κ1) is 17.1. The number of morpholine rings is 1. The van der Waals surface area contributed by atoms with Crippen molar-refractivity contribution >= 4 is 11.8 Å². The van der Waals surface area contributed by atoms with Crippen LogP contribution in [-0.2, 0) is 20.9 Å². The summed E-state index contributed by atoms with van der Waals surface area (Å²) in [6.45, 7) is -0.0951. The first-order valence-corrected chi connectivity index (χ1v) is 8.01. The summed E-state index contributed by atoms with van der Waals surface area (Å²) in [4.78, 5) is 26.1. The summed E-state index contributed by atoms with van der Waals surface area (Å²) in [5.41, 5.74) is 1.21. The predicted octanol–water partition coefficient (Wildman–Crippen LogP) is 2.04. The number of rotatable bonds is 4. The highest BCUT2D eigenvalue weighted by Gasteiger charge is 2.39. The average molecular weight is 342 g/mol. The Morgan fingerprint density at radius 3 is 2.60 bits per heavy atom. The Morgan fingerprint density at radius 2 is 1.88 bits per heavy atom. The SMILES string of the molecule is CN1C(=O)CO[C@@H](C(=O)NCc2ccccc2F)[C@H]1c1ccccc1. The molecule has 0 saturated carbocycles. The van der Waals surface area contributed by atoms with Crippen LogP contribution in [0.5, 0.6) is 0 Å². The second kappa shape index (κ2) is 7.44. The second-order valence-electron chi connectivity index (χ2n) is 5.90.